The molecule has 1 aromatic carbocycles. The van der Waals surface area contributed by atoms with Gasteiger partial charge >= 0.3 is 0 Å². The molecule has 2 aliphatic rings. The number of benzene rings is 1. The summed E-state index contributed by atoms with van der Waals surface area (Å²) in [6.07, 6.45) is 5.53. The predicted octanol–water partition coefficient (Wildman–Crippen LogP) is 3.89. The van der Waals surface area contributed by atoms with E-state index in [4.69, 9.17) is 0 Å². The van der Waals surface area contributed by atoms with E-state index in [1.165, 1.54) is 5.56 Å². The van der Waals surface area contributed by atoms with Crippen molar-refractivity contribution >= 4 is 5.91 Å². The minimum Gasteiger partial charge on any atom is -0.493 e. The van der Waals surface area contributed by atoms with Crippen LogP contribution in [-0.2, 0) is 6.42 Å². The molecule has 1 saturated heterocycles. The maximum Gasteiger partial charge on any atom is 0.270 e. The van der Waals surface area contributed by atoms with Crippen molar-refractivity contribution in [2.24, 2.45) is 5.92 Å². The minimum atomic E-state index is -0.418. The molecule has 2 aromatic rings. The van der Waals surface area contributed by atoms with E-state index in [1.807, 2.05) is 25.1 Å². The fourth-order valence-corrected chi connectivity index (χ4v) is 4.57. The first-order chi connectivity index (χ1) is 14.5. The van der Waals surface area contributed by atoms with Crippen molar-refractivity contribution < 1.29 is 9.90 Å². The fourth-order valence-electron chi connectivity index (χ4n) is 4.57. The molecular formula is C24H31N3O3. The first kappa shape index (κ1) is 20.6. The van der Waals surface area contributed by atoms with E-state index >= 15 is 0 Å². The zero-order valence-corrected chi connectivity index (χ0v) is 17.9. The molecule has 1 aliphatic heterocycles. The topological polar surface area (TPSA) is 75.4 Å². The van der Waals surface area contributed by atoms with E-state index < -0.39 is 11.8 Å². The number of nitrogens with zero attached hydrogens (tertiary/aromatic N) is 3. The third-order valence-corrected chi connectivity index (χ3v) is 6.60. The van der Waals surface area contributed by atoms with Crippen LogP contribution in [0.1, 0.15) is 79.7 Å². The van der Waals surface area contributed by atoms with E-state index in [1.54, 1.807) is 9.47 Å². The highest BCUT2D eigenvalue weighted by Crippen LogP contribution is 2.39. The van der Waals surface area contributed by atoms with Gasteiger partial charge in [-0.25, -0.2) is 0 Å². The summed E-state index contributed by atoms with van der Waals surface area (Å²) in [6.45, 7) is 5.24. The van der Waals surface area contributed by atoms with Crippen molar-refractivity contribution in [3.63, 3.8) is 0 Å². The van der Waals surface area contributed by atoms with E-state index in [2.05, 4.69) is 24.0 Å². The maximum absolute atomic E-state index is 13.4. The van der Waals surface area contributed by atoms with Crippen LogP contribution in [0, 0.1) is 5.92 Å². The van der Waals surface area contributed by atoms with Gasteiger partial charge in [-0.15, -0.1) is 0 Å². The van der Waals surface area contributed by atoms with E-state index in [-0.39, 0.29) is 23.1 Å². The molecule has 0 bridgehead atoms. The molecule has 0 radical (unpaired) electrons. The summed E-state index contributed by atoms with van der Waals surface area (Å²) >= 11 is 0. The monoisotopic (exact) mass is 409 g/mol. The van der Waals surface area contributed by atoms with Crippen LogP contribution in [0.5, 0.6) is 5.88 Å². The Morgan fingerprint density at radius 2 is 1.97 bits per heavy atom. The van der Waals surface area contributed by atoms with Gasteiger partial charge < -0.3 is 10.0 Å². The first-order valence-corrected chi connectivity index (χ1v) is 11.2. The highest BCUT2D eigenvalue weighted by Gasteiger charge is 2.35. The molecule has 160 valence electrons. The van der Waals surface area contributed by atoms with Gasteiger partial charge in [-0.3, -0.25) is 14.2 Å². The average molecular weight is 410 g/mol. The minimum absolute atomic E-state index is 0.000323. The van der Waals surface area contributed by atoms with Gasteiger partial charge in [0.25, 0.3) is 11.5 Å². The van der Waals surface area contributed by atoms with Crippen molar-refractivity contribution in [3.8, 4) is 5.88 Å². The second-order valence-corrected chi connectivity index (χ2v) is 8.73. The zero-order valence-electron chi connectivity index (χ0n) is 17.9. The van der Waals surface area contributed by atoms with Gasteiger partial charge in [-0.1, -0.05) is 43.7 Å². The molecule has 6 nitrogen and oxygen atoms in total. The SMILES string of the molecule is CCCCc1nc(O)c(C(=O)N2CC[C@@H](c3ccccc3)C2)c(=O)n1[C@@H](C)C1CC1. The van der Waals surface area contributed by atoms with E-state index in [0.717, 1.165) is 32.1 Å². The second-order valence-electron chi connectivity index (χ2n) is 8.73. The van der Waals surface area contributed by atoms with Crippen LogP contribution in [0.25, 0.3) is 0 Å². The van der Waals surface area contributed by atoms with Crippen LogP contribution in [0.3, 0.4) is 0 Å². The van der Waals surface area contributed by atoms with Crippen molar-refractivity contribution in [2.45, 2.75) is 64.3 Å². The number of hydrogen-bond donors (Lipinski definition) is 1. The summed E-state index contributed by atoms with van der Waals surface area (Å²) in [5.74, 6) is 0.480. The molecular weight excluding hydrogens is 378 g/mol. The Morgan fingerprint density at radius 3 is 2.63 bits per heavy atom. The number of carbonyl (C=O) groups is 1. The summed E-state index contributed by atoms with van der Waals surface area (Å²) < 4.78 is 1.69. The Morgan fingerprint density at radius 1 is 1.23 bits per heavy atom. The summed E-state index contributed by atoms with van der Waals surface area (Å²) in [5, 5.41) is 10.6. The van der Waals surface area contributed by atoms with Gasteiger partial charge in [0.15, 0.2) is 5.56 Å². The summed E-state index contributed by atoms with van der Waals surface area (Å²) in [7, 11) is 0. The average Bonchev–Trinajstić information content (AvgIpc) is 3.48. The number of aromatic hydroxyl groups is 1. The molecule has 6 heteroatoms. The number of hydrogen-bond acceptors (Lipinski definition) is 4. The number of unbranched alkanes of at least 4 members (excludes halogenated alkanes) is 1. The number of carbonyl (C=O) groups excluding carboxylic acids is 1. The predicted molar refractivity (Wildman–Crippen MR) is 116 cm³/mol. The van der Waals surface area contributed by atoms with Crippen LogP contribution in [0.4, 0.5) is 0 Å². The molecule has 30 heavy (non-hydrogen) atoms. The molecule has 2 heterocycles. The molecule has 0 spiro atoms. The standard InChI is InChI=1S/C24H31N3O3/c1-3-4-10-20-25-22(28)21(24(30)27(20)16(2)17-11-12-17)23(29)26-14-13-19(15-26)18-8-6-5-7-9-18/h5-9,16-17,19,28H,3-4,10-15H2,1-2H3/t16-,19+/m0/s1. The summed E-state index contributed by atoms with van der Waals surface area (Å²) in [6, 6.07) is 10.1. The van der Waals surface area contributed by atoms with E-state index in [0.29, 0.717) is 31.3 Å². The molecule has 2 atom stereocenters. The number of aryl methyl sites for hydroxylation is 1. The van der Waals surface area contributed by atoms with Crippen LogP contribution < -0.4 is 5.56 Å². The lowest BCUT2D eigenvalue weighted by Crippen LogP contribution is -2.38. The van der Waals surface area contributed by atoms with Crippen molar-refractivity contribution in [2.75, 3.05) is 13.1 Å². The molecule has 1 aromatic heterocycles. The van der Waals surface area contributed by atoms with E-state index in [9.17, 15) is 14.7 Å². The summed E-state index contributed by atoms with van der Waals surface area (Å²) in [4.78, 5) is 32.7. The largest absolute Gasteiger partial charge is 0.493 e. The number of rotatable bonds is 7. The lowest BCUT2D eigenvalue weighted by molar-refractivity contribution is 0.0783. The number of aromatic nitrogens is 2. The van der Waals surface area contributed by atoms with Crippen molar-refractivity contribution in [3.05, 3.63) is 57.6 Å². The number of likely N-dealkylation sites (tertiary alicyclic amines) is 1. The Hall–Kier alpha value is -2.63. The maximum atomic E-state index is 13.4. The quantitative estimate of drug-likeness (QED) is 0.753. The molecule has 4 rings (SSSR count). The normalized spacial score (nSPS) is 19.8. The van der Waals surface area contributed by atoms with Gasteiger partial charge in [0, 0.05) is 31.5 Å². The molecule has 1 aliphatic carbocycles. The van der Waals surface area contributed by atoms with Crippen LogP contribution >= 0.6 is 0 Å². The zero-order chi connectivity index (χ0) is 21.3. The van der Waals surface area contributed by atoms with Gasteiger partial charge in [-0.05, 0) is 44.1 Å². The Labute approximate surface area is 177 Å². The molecule has 2 fully saturated rings. The smallest absolute Gasteiger partial charge is 0.270 e. The van der Waals surface area contributed by atoms with Crippen LogP contribution in [0.15, 0.2) is 35.1 Å². The van der Waals surface area contributed by atoms with Gasteiger partial charge in [-0.2, -0.15) is 4.98 Å². The van der Waals surface area contributed by atoms with Crippen LogP contribution in [0.2, 0.25) is 0 Å². The van der Waals surface area contributed by atoms with Crippen LogP contribution in [-0.4, -0.2) is 38.6 Å². The molecule has 1 N–H and O–H groups in total. The lowest BCUT2D eigenvalue weighted by Gasteiger charge is -2.22. The Bertz CT molecular complexity index is 966. The Kier molecular flexibility index (Phi) is 5.93. The fraction of sp³-hybridized carbons (Fsp3) is 0.542. The molecule has 0 unspecified atom stereocenters. The summed E-state index contributed by atoms with van der Waals surface area (Å²) in [5.41, 5.74) is 0.641. The Balaban J connectivity index is 1.64. The molecule has 1 amide bonds. The molecule has 1 saturated carbocycles. The second kappa shape index (κ2) is 8.62. The first-order valence-electron chi connectivity index (χ1n) is 11.2. The third-order valence-electron chi connectivity index (χ3n) is 6.60. The highest BCUT2D eigenvalue weighted by atomic mass is 16.3. The third kappa shape index (κ3) is 4.00. The lowest BCUT2D eigenvalue weighted by atomic mass is 9.99. The van der Waals surface area contributed by atoms with Gasteiger partial charge in [0.2, 0.25) is 5.88 Å². The number of amides is 1. The van der Waals surface area contributed by atoms with Crippen molar-refractivity contribution in [1.29, 1.82) is 0 Å². The van der Waals surface area contributed by atoms with Gasteiger partial charge in [0.1, 0.15) is 5.82 Å². The highest BCUT2D eigenvalue weighted by molar-refractivity contribution is 5.96. The van der Waals surface area contributed by atoms with Crippen molar-refractivity contribution in [1.82, 2.24) is 14.5 Å². The van der Waals surface area contributed by atoms with Gasteiger partial charge in [0.05, 0.1) is 0 Å².